The molecule has 0 radical (unpaired) electrons. The van der Waals surface area contributed by atoms with Crippen LogP contribution in [0.1, 0.15) is 29.6 Å². The number of alkyl halides is 2. The van der Waals surface area contributed by atoms with E-state index in [1.165, 1.54) is 12.3 Å². The van der Waals surface area contributed by atoms with Gasteiger partial charge in [-0.05, 0) is 25.3 Å². The topological polar surface area (TPSA) is 54.5 Å². The number of halogens is 2. The van der Waals surface area contributed by atoms with Crippen LogP contribution in [-0.2, 0) is 0 Å². The molecule has 0 saturated carbocycles. The van der Waals surface area contributed by atoms with Crippen LogP contribution >= 0.6 is 0 Å². The van der Waals surface area contributed by atoms with Crippen molar-refractivity contribution in [3.05, 3.63) is 17.8 Å². The summed E-state index contributed by atoms with van der Waals surface area (Å²) in [5.41, 5.74) is 0.377. The second-order valence-electron chi connectivity index (χ2n) is 5.42. The molecule has 0 aromatic carbocycles. The number of piperidine rings is 1. The highest BCUT2D eigenvalue weighted by Crippen LogP contribution is 2.30. The summed E-state index contributed by atoms with van der Waals surface area (Å²) in [6, 6.07) is 1.49. The molecule has 0 atom stereocenters. The fourth-order valence-corrected chi connectivity index (χ4v) is 2.53. The van der Waals surface area contributed by atoms with E-state index in [0.717, 1.165) is 32.4 Å². The molecule has 2 aliphatic rings. The third-order valence-electron chi connectivity index (χ3n) is 3.70. The van der Waals surface area contributed by atoms with Crippen LogP contribution in [0, 0.1) is 0 Å². The molecule has 1 aromatic heterocycles. The van der Waals surface area contributed by atoms with Crippen molar-refractivity contribution in [2.24, 2.45) is 0 Å². The van der Waals surface area contributed by atoms with Gasteiger partial charge >= 0.3 is 0 Å². The zero-order valence-corrected chi connectivity index (χ0v) is 11.6. The lowest BCUT2D eigenvalue weighted by molar-refractivity contribution is -0.0247. The summed E-state index contributed by atoms with van der Waals surface area (Å²) >= 11 is 0. The van der Waals surface area contributed by atoms with E-state index in [2.05, 4.69) is 10.3 Å². The molecule has 3 rings (SSSR count). The minimum absolute atomic E-state index is 0.121. The molecule has 7 heteroatoms. The fraction of sp³-hybridized carbons (Fsp3) is 0.571. The molecule has 0 bridgehead atoms. The summed E-state index contributed by atoms with van der Waals surface area (Å²) in [5, 5.41) is 2.55. The van der Waals surface area contributed by atoms with Gasteiger partial charge in [0, 0.05) is 19.3 Å². The van der Waals surface area contributed by atoms with E-state index < -0.39 is 19.1 Å². The Morgan fingerprint density at radius 3 is 2.86 bits per heavy atom. The SMILES string of the molecule is O=C(c1cnc2c(c1)OCC(F)(F)CN2)N1CCCCC1. The van der Waals surface area contributed by atoms with E-state index >= 15 is 0 Å². The van der Waals surface area contributed by atoms with Crippen LogP contribution in [0.5, 0.6) is 5.75 Å². The monoisotopic (exact) mass is 297 g/mol. The first-order valence-corrected chi connectivity index (χ1v) is 7.09. The van der Waals surface area contributed by atoms with Gasteiger partial charge in [0.2, 0.25) is 0 Å². The molecule has 114 valence electrons. The van der Waals surface area contributed by atoms with Crippen molar-refractivity contribution in [1.29, 1.82) is 0 Å². The van der Waals surface area contributed by atoms with Crippen LogP contribution < -0.4 is 10.1 Å². The average Bonchev–Trinajstić information content (AvgIpc) is 2.66. The van der Waals surface area contributed by atoms with Crippen LogP contribution in [0.4, 0.5) is 14.6 Å². The molecule has 1 amide bonds. The highest BCUT2D eigenvalue weighted by molar-refractivity contribution is 5.94. The number of ether oxygens (including phenoxy) is 1. The number of nitrogens with one attached hydrogen (secondary N) is 1. The molecule has 5 nitrogen and oxygen atoms in total. The molecule has 1 fully saturated rings. The quantitative estimate of drug-likeness (QED) is 0.863. The lowest BCUT2D eigenvalue weighted by Crippen LogP contribution is -2.35. The van der Waals surface area contributed by atoms with Gasteiger partial charge in [-0.3, -0.25) is 4.79 Å². The minimum atomic E-state index is -2.95. The first-order chi connectivity index (χ1) is 10.1. The molecule has 0 aliphatic carbocycles. The molecule has 0 spiro atoms. The van der Waals surface area contributed by atoms with E-state index in [1.807, 2.05) is 0 Å². The second-order valence-corrected chi connectivity index (χ2v) is 5.42. The minimum Gasteiger partial charge on any atom is -0.483 e. The third-order valence-corrected chi connectivity index (χ3v) is 3.70. The third kappa shape index (κ3) is 3.06. The molecule has 1 N–H and O–H groups in total. The number of nitrogens with zero attached hydrogens (tertiary/aromatic N) is 2. The number of anilines is 1. The van der Waals surface area contributed by atoms with Crippen LogP contribution in [0.25, 0.3) is 0 Å². The number of carbonyl (C=O) groups is 1. The Hall–Kier alpha value is -1.92. The predicted octanol–water partition coefficient (Wildman–Crippen LogP) is 2.15. The maximum atomic E-state index is 13.3. The number of likely N-dealkylation sites (tertiary alicyclic amines) is 1. The highest BCUT2D eigenvalue weighted by Gasteiger charge is 2.33. The molecule has 1 saturated heterocycles. The van der Waals surface area contributed by atoms with Gasteiger partial charge in [-0.1, -0.05) is 0 Å². The molecule has 21 heavy (non-hydrogen) atoms. The molecule has 0 unspecified atom stereocenters. The molecule has 1 aromatic rings. The first-order valence-electron chi connectivity index (χ1n) is 7.09. The zero-order valence-electron chi connectivity index (χ0n) is 11.6. The van der Waals surface area contributed by atoms with Crippen molar-refractivity contribution in [1.82, 2.24) is 9.88 Å². The summed E-state index contributed by atoms with van der Waals surface area (Å²) in [6.45, 7) is 0.225. The van der Waals surface area contributed by atoms with E-state index in [1.54, 1.807) is 4.90 Å². The van der Waals surface area contributed by atoms with E-state index in [4.69, 9.17) is 4.74 Å². The maximum Gasteiger partial charge on any atom is 0.298 e. The first kappa shape index (κ1) is 14.0. The summed E-state index contributed by atoms with van der Waals surface area (Å²) in [4.78, 5) is 18.2. The van der Waals surface area contributed by atoms with Gasteiger partial charge in [0.25, 0.3) is 11.8 Å². The Labute approximate surface area is 121 Å². The van der Waals surface area contributed by atoms with Crippen molar-refractivity contribution in [3.63, 3.8) is 0 Å². The number of rotatable bonds is 1. The smallest absolute Gasteiger partial charge is 0.298 e. The number of pyridine rings is 1. The zero-order chi connectivity index (χ0) is 14.9. The number of amides is 1. The van der Waals surface area contributed by atoms with Crippen molar-refractivity contribution < 1.29 is 18.3 Å². The number of fused-ring (bicyclic) bond motifs is 1. The van der Waals surface area contributed by atoms with Crippen LogP contribution in [0.15, 0.2) is 12.3 Å². The molecule has 3 heterocycles. The summed E-state index contributed by atoms with van der Waals surface area (Å²) in [5.74, 6) is -2.61. The Balaban J connectivity index is 1.79. The number of carbonyl (C=O) groups excluding carboxylic acids is 1. The van der Waals surface area contributed by atoms with E-state index in [-0.39, 0.29) is 17.5 Å². The van der Waals surface area contributed by atoms with Gasteiger partial charge in [-0.15, -0.1) is 0 Å². The highest BCUT2D eigenvalue weighted by atomic mass is 19.3. The summed E-state index contributed by atoms with van der Waals surface area (Å²) < 4.78 is 31.7. The van der Waals surface area contributed by atoms with Crippen LogP contribution in [0.2, 0.25) is 0 Å². The number of aromatic nitrogens is 1. The summed E-state index contributed by atoms with van der Waals surface area (Å²) in [6.07, 6.45) is 4.53. The van der Waals surface area contributed by atoms with Gasteiger partial charge in [-0.25, -0.2) is 13.8 Å². The lowest BCUT2D eigenvalue weighted by atomic mass is 10.1. The summed E-state index contributed by atoms with van der Waals surface area (Å²) in [7, 11) is 0. The van der Waals surface area contributed by atoms with Gasteiger partial charge in [-0.2, -0.15) is 0 Å². The molecular weight excluding hydrogens is 280 g/mol. The van der Waals surface area contributed by atoms with Gasteiger partial charge in [0.1, 0.15) is 0 Å². The molecule has 2 aliphatic heterocycles. The van der Waals surface area contributed by atoms with Crippen molar-refractivity contribution >= 4 is 11.7 Å². The fourth-order valence-electron chi connectivity index (χ4n) is 2.53. The van der Waals surface area contributed by atoms with Crippen LogP contribution in [-0.4, -0.2) is 48.0 Å². The second kappa shape index (κ2) is 5.46. The Morgan fingerprint density at radius 2 is 2.10 bits per heavy atom. The average molecular weight is 297 g/mol. The standard InChI is InChI=1S/C14H17F2N3O2/c15-14(16)8-18-12-11(21-9-14)6-10(7-17-12)13(20)19-4-2-1-3-5-19/h6-7H,1-5,8-9H2,(H,17,18). The van der Waals surface area contributed by atoms with Crippen molar-refractivity contribution in [2.45, 2.75) is 25.2 Å². The van der Waals surface area contributed by atoms with Gasteiger partial charge in [0.15, 0.2) is 18.2 Å². The Bertz CT molecular complexity index is 545. The largest absolute Gasteiger partial charge is 0.483 e. The van der Waals surface area contributed by atoms with Crippen LogP contribution in [0.3, 0.4) is 0 Å². The normalized spacial score (nSPS) is 20.8. The van der Waals surface area contributed by atoms with Crippen molar-refractivity contribution in [2.75, 3.05) is 31.6 Å². The number of hydrogen-bond donors (Lipinski definition) is 1. The maximum absolute atomic E-state index is 13.3. The van der Waals surface area contributed by atoms with E-state index in [0.29, 0.717) is 5.56 Å². The van der Waals surface area contributed by atoms with Gasteiger partial charge in [0.05, 0.1) is 12.1 Å². The van der Waals surface area contributed by atoms with E-state index in [9.17, 15) is 13.6 Å². The van der Waals surface area contributed by atoms with Crippen molar-refractivity contribution in [3.8, 4) is 5.75 Å². The molecular formula is C14H17F2N3O2. The predicted molar refractivity (Wildman–Crippen MR) is 72.9 cm³/mol. The Morgan fingerprint density at radius 1 is 1.33 bits per heavy atom. The Kier molecular flexibility index (Phi) is 3.65. The lowest BCUT2D eigenvalue weighted by Gasteiger charge is -2.26. The number of hydrogen-bond acceptors (Lipinski definition) is 4. The van der Waals surface area contributed by atoms with Gasteiger partial charge < -0.3 is 15.0 Å².